The van der Waals surface area contributed by atoms with Gasteiger partial charge in [-0.2, -0.15) is 0 Å². The number of phenols is 1. The molecule has 1 saturated carbocycles. The number of carbonyl (C=O) groups excluding carboxylic acids is 3. The number of nitrogens with one attached hydrogen (secondary N) is 1. The smallest absolute Gasteiger partial charge is 0.202 e. The summed E-state index contributed by atoms with van der Waals surface area (Å²) >= 11 is 0. The molecule has 2 fully saturated rings. The highest BCUT2D eigenvalue weighted by Crippen LogP contribution is 2.52. The first kappa shape index (κ1) is 24.7. The quantitative estimate of drug-likeness (QED) is 0.394. The van der Waals surface area contributed by atoms with Crippen molar-refractivity contribution in [1.82, 2.24) is 10.2 Å². The number of aliphatic hydroxyl groups excluding tert-OH is 2. The first-order valence-corrected chi connectivity index (χ1v) is 12.5. The van der Waals surface area contributed by atoms with Crippen LogP contribution in [0.25, 0.3) is 5.76 Å². The molecule has 1 heterocycles. The molecule has 0 amide bonds. The number of phenolic OH excluding ortho intramolecular Hbond substituents is 1. The largest absolute Gasteiger partial charge is 0.508 e. The van der Waals surface area contributed by atoms with Crippen molar-refractivity contribution in [2.45, 2.75) is 57.2 Å². The van der Waals surface area contributed by atoms with E-state index in [0.717, 1.165) is 31.9 Å². The van der Waals surface area contributed by atoms with Crippen molar-refractivity contribution in [3.05, 3.63) is 45.7 Å². The lowest BCUT2D eigenvalue weighted by molar-refractivity contribution is -0.150. The van der Waals surface area contributed by atoms with E-state index in [4.69, 9.17) is 0 Å². The average Bonchev–Trinajstić information content (AvgIpc) is 3.24. The predicted molar refractivity (Wildman–Crippen MR) is 130 cm³/mol. The molecule has 9 nitrogen and oxygen atoms in total. The minimum atomic E-state index is -2.54. The van der Waals surface area contributed by atoms with Crippen LogP contribution in [0.15, 0.2) is 29.0 Å². The van der Waals surface area contributed by atoms with E-state index >= 15 is 0 Å². The molecule has 5 N–H and O–H groups in total. The standard InChI is InChI=1S/C27H32N2O7/c1-4-28-22-16-10-15-9-14-8-13(17-6-5-7-29(17)3)11-18(31)20(14)23(32)21(15)26(35)27(16,36)25(34)19(12(2)30)24(22)33/h8,11,15-17,22,28,31-32,34,36H,4-7,9-10H2,1-3H3/t15-,16-,17?,22-,27+/m0/s1. The highest BCUT2D eigenvalue weighted by atomic mass is 16.3. The number of aromatic hydroxyl groups is 1. The Hall–Kier alpha value is -3.01. The van der Waals surface area contributed by atoms with Crippen molar-refractivity contribution in [1.29, 1.82) is 0 Å². The molecule has 3 aliphatic carbocycles. The molecule has 0 spiro atoms. The molecule has 1 aromatic carbocycles. The number of carbonyl (C=O) groups is 3. The number of fused-ring (bicyclic) bond motifs is 3. The second kappa shape index (κ2) is 8.54. The summed E-state index contributed by atoms with van der Waals surface area (Å²) in [4.78, 5) is 41.4. The van der Waals surface area contributed by atoms with Crippen molar-refractivity contribution in [2.75, 3.05) is 20.1 Å². The van der Waals surface area contributed by atoms with Gasteiger partial charge in [-0.15, -0.1) is 0 Å². The molecule has 0 radical (unpaired) electrons. The summed E-state index contributed by atoms with van der Waals surface area (Å²) in [6.07, 6.45) is 2.44. The third-order valence-electron chi connectivity index (χ3n) is 8.46. The second-order valence-electron chi connectivity index (χ2n) is 10.5. The van der Waals surface area contributed by atoms with Gasteiger partial charge in [0.25, 0.3) is 0 Å². The Balaban J connectivity index is 1.65. The van der Waals surface area contributed by atoms with E-state index in [9.17, 15) is 34.8 Å². The van der Waals surface area contributed by atoms with E-state index in [-0.39, 0.29) is 29.3 Å². The normalized spacial score (nSPS) is 32.4. The Morgan fingerprint density at radius 1 is 1.22 bits per heavy atom. The fourth-order valence-electron chi connectivity index (χ4n) is 6.81. The van der Waals surface area contributed by atoms with Crippen LogP contribution in [-0.2, 0) is 20.8 Å². The summed E-state index contributed by atoms with van der Waals surface area (Å²) in [5.41, 5.74) is -1.46. The van der Waals surface area contributed by atoms with Gasteiger partial charge in [0.2, 0.25) is 5.78 Å². The van der Waals surface area contributed by atoms with Gasteiger partial charge in [0.1, 0.15) is 22.8 Å². The Morgan fingerprint density at radius 3 is 2.56 bits per heavy atom. The van der Waals surface area contributed by atoms with Crippen molar-refractivity contribution >= 4 is 23.1 Å². The predicted octanol–water partition coefficient (Wildman–Crippen LogP) is 1.88. The highest BCUT2D eigenvalue weighted by molar-refractivity contribution is 6.25. The summed E-state index contributed by atoms with van der Waals surface area (Å²) < 4.78 is 0. The molecular formula is C27H32N2O7. The van der Waals surface area contributed by atoms with Crippen LogP contribution in [0.5, 0.6) is 5.75 Å². The highest BCUT2D eigenvalue weighted by Gasteiger charge is 2.63. The van der Waals surface area contributed by atoms with Crippen molar-refractivity contribution in [3.63, 3.8) is 0 Å². The van der Waals surface area contributed by atoms with Crippen LogP contribution in [0.1, 0.15) is 55.8 Å². The van der Waals surface area contributed by atoms with Crippen LogP contribution < -0.4 is 5.32 Å². The van der Waals surface area contributed by atoms with Gasteiger partial charge in [0.05, 0.1) is 11.6 Å². The van der Waals surface area contributed by atoms with Gasteiger partial charge in [-0.1, -0.05) is 13.0 Å². The van der Waals surface area contributed by atoms with Gasteiger partial charge in [0.15, 0.2) is 17.2 Å². The molecule has 0 aromatic heterocycles. The average molecular weight is 497 g/mol. The summed E-state index contributed by atoms with van der Waals surface area (Å²) in [6, 6.07) is 2.67. The molecule has 1 aliphatic heterocycles. The Bertz CT molecular complexity index is 1250. The maximum Gasteiger partial charge on any atom is 0.202 e. The van der Waals surface area contributed by atoms with Gasteiger partial charge < -0.3 is 25.7 Å². The van der Waals surface area contributed by atoms with Crippen molar-refractivity contribution in [3.8, 4) is 5.75 Å². The topological polar surface area (TPSA) is 147 Å². The second-order valence-corrected chi connectivity index (χ2v) is 10.5. The van der Waals surface area contributed by atoms with Gasteiger partial charge in [-0.05, 0) is 75.9 Å². The molecule has 5 rings (SSSR count). The minimum Gasteiger partial charge on any atom is -0.508 e. The summed E-state index contributed by atoms with van der Waals surface area (Å²) in [5, 5.41) is 47.7. The van der Waals surface area contributed by atoms with Crippen molar-refractivity contribution in [2.24, 2.45) is 11.8 Å². The molecule has 4 aliphatic rings. The fraction of sp³-hybridized carbons (Fsp3) is 0.519. The van der Waals surface area contributed by atoms with Gasteiger partial charge in [-0.3, -0.25) is 19.3 Å². The maximum absolute atomic E-state index is 13.8. The number of likely N-dealkylation sites (N-methyl/N-ethyl adjacent to an activating group) is 1. The van der Waals surface area contributed by atoms with E-state index in [1.165, 1.54) is 0 Å². The van der Waals surface area contributed by atoms with E-state index in [1.54, 1.807) is 13.0 Å². The van der Waals surface area contributed by atoms with Crippen LogP contribution in [0.2, 0.25) is 0 Å². The Kier molecular flexibility index (Phi) is 5.85. The molecule has 36 heavy (non-hydrogen) atoms. The van der Waals surface area contributed by atoms with E-state index < -0.39 is 57.9 Å². The zero-order valence-corrected chi connectivity index (χ0v) is 20.7. The third-order valence-corrected chi connectivity index (χ3v) is 8.46. The molecule has 1 unspecified atom stereocenters. The van der Waals surface area contributed by atoms with Crippen LogP contribution in [-0.4, -0.2) is 74.5 Å². The van der Waals surface area contributed by atoms with Gasteiger partial charge in [0, 0.05) is 17.5 Å². The first-order valence-electron chi connectivity index (χ1n) is 12.5. The number of likely N-dealkylation sites (tertiary alicyclic amines) is 1. The summed E-state index contributed by atoms with van der Waals surface area (Å²) in [7, 11) is 2.03. The number of aliphatic hydroxyl groups is 3. The fourth-order valence-corrected chi connectivity index (χ4v) is 6.81. The zero-order chi connectivity index (χ0) is 26.1. The number of rotatable bonds is 4. The molecule has 1 saturated heterocycles. The van der Waals surface area contributed by atoms with E-state index in [2.05, 4.69) is 10.2 Å². The molecule has 5 atom stereocenters. The SMILES string of the molecule is CCN[C@@H]1C(=O)C(C(C)=O)=C(O)[C@@]2(O)C(=O)C3=C(O)c4c(O)cc(C5CCCN5C)cc4C[C@H]3C[C@@H]12. The van der Waals surface area contributed by atoms with Crippen LogP contribution in [0.3, 0.4) is 0 Å². The molecule has 1 aromatic rings. The number of Topliss-reactive ketones (excluding diaryl/α,β-unsaturated/α-hetero) is 3. The van der Waals surface area contributed by atoms with Crippen molar-refractivity contribution < 1.29 is 34.8 Å². The van der Waals surface area contributed by atoms with Crippen LogP contribution >= 0.6 is 0 Å². The Morgan fingerprint density at radius 2 is 1.94 bits per heavy atom. The van der Waals surface area contributed by atoms with Crippen LogP contribution in [0.4, 0.5) is 0 Å². The molecule has 192 valence electrons. The number of nitrogens with zero attached hydrogens (tertiary/aromatic N) is 1. The molecule has 9 heteroatoms. The van der Waals surface area contributed by atoms with Crippen LogP contribution in [0, 0.1) is 11.8 Å². The number of benzene rings is 1. The van der Waals surface area contributed by atoms with E-state index in [0.29, 0.717) is 18.5 Å². The lowest BCUT2D eigenvalue weighted by Crippen LogP contribution is -2.65. The monoisotopic (exact) mass is 496 g/mol. The summed E-state index contributed by atoms with van der Waals surface area (Å²) in [5.74, 6) is -5.46. The molecule has 0 bridgehead atoms. The van der Waals surface area contributed by atoms with Gasteiger partial charge >= 0.3 is 0 Å². The number of hydrogen-bond donors (Lipinski definition) is 5. The third kappa shape index (κ3) is 3.29. The van der Waals surface area contributed by atoms with Gasteiger partial charge in [-0.25, -0.2) is 0 Å². The first-order chi connectivity index (χ1) is 17.0. The lowest BCUT2D eigenvalue weighted by atomic mass is 9.57. The summed E-state index contributed by atoms with van der Waals surface area (Å²) in [6.45, 7) is 4.16. The number of ketones is 3. The Labute approximate surface area is 209 Å². The van der Waals surface area contributed by atoms with E-state index in [1.807, 2.05) is 13.1 Å². The lowest BCUT2D eigenvalue weighted by Gasteiger charge is -2.49. The number of hydrogen-bond acceptors (Lipinski definition) is 9. The maximum atomic E-state index is 13.8. The zero-order valence-electron chi connectivity index (χ0n) is 20.7. The minimum absolute atomic E-state index is 0.0960. The molecular weight excluding hydrogens is 464 g/mol.